The van der Waals surface area contributed by atoms with E-state index < -0.39 is 8.32 Å². The second kappa shape index (κ2) is 5.56. The molecule has 0 saturated carbocycles. The van der Waals surface area contributed by atoms with Gasteiger partial charge in [-0.3, -0.25) is 0 Å². The van der Waals surface area contributed by atoms with Crippen molar-refractivity contribution in [3.8, 4) is 0 Å². The molecule has 5 heteroatoms. The Kier molecular flexibility index (Phi) is 4.34. The molecular weight excluding hydrogens is 284 g/mol. The third-order valence-electron chi connectivity index (χ3n) is 4.06. The number of hydrogen-bond acceptors (Lipinski definition) is 4. The van der Waals surface area contributed by atoms with Crippen molar-refractivity contribution in [2.45, 2.75) is 44.9 Å². The van der Waals surface area contributed by atoms with Crippen LogP contribution in [0.15, 0.2) is 24.3 Å². The molecule has 0 amide bonds. The summed E-state index contributed by atoms with van der Waals surface area (Å²) in [5, 5.41) is 1.17. The van der Waals surface area contributed by atoms with Gasteiger partial charge in [-0.05, 0) is 30.3 Å². The average molecular weight is 309 g/mol. The van der Waals surface area contributed by atoms with Crippen molar-refractivity contribution in [2.75, 3.05) is 6.61 Å². The standard InChI is InChI=1S/C15H24N2OSSi/c1-15(2,3)20(4,5)18-10-11(16)14-17-12-8-6-7-9-13(12)19-14/h6-9,11H,10,16H2,1-5H3. The van der Waals surface area contributed by atoms with Crippen LogP contribution in [0.2, 0.25) is 18.1 Å². The molecule has 3 nitrogen and oxygen atoms in total. The summed E-state index contributed by atoms with van der Waals surface area (Å²) >= 11 is 1.66. The smallest absolute Gasteiger partial charge is 0.192 e. The van der Waals surface area contributed by atoms with Crippen molar-refractivity contribution < 1.29 is 4.43 Å². The van der Waals surface area contributed by atoms with Crippen molar-refractivity contribution in [1.29, 1.82) is 0 Å². The predicted octanol–water partition coefficient (Wildman–Crippen LogP) is 4.32. The van der Waals surface area contributed by atoms with Gasteiger partial charge in [0.1, 0.15) is 5.01 Å². The fourth-order valence-corrected chi connectivity index (χ4v) is 3.62. The Morgan fingerprint density at radius 1 is 1.30 bits per heavy atom. The highest BCUT2D eigenvalue weighted by atomic mass is 32.1. The second-order valence-corrected chi connectivity index (χ2v) is 12.6. The molecule has 0 aliphatic carbocycles. The highest BCUT2D eigenvalue weighted by Gasteiger charge is 2.37. The van der Waals surface area contributed by atoms with Crippen LogP contribution in [0.5, 0.6) is 0 Å². The number of hydrogen-bond donors (Lipinski definition) is 1. The second-order valence-electron chi connectivity index (χ2n) is 6.70. The maximum absolute atomic E-state index is 6.25. The lowest BCUT2D eigenvalue weighted by Crippen LogP contribution is -2.42. The Balaban J connectivity index is 2.07. The molecule has 0 aliphatic heterocycles. The average Bonchev–Trinajstić information content (AvgIpc) is 2.78. The zero-order valence-corrected chi connectivity index (χ0v) is 14.8. The summed E-state index contributed by atoms with van der Waals surface area (Å²) in [5.41, 5.74) is 7.28. The summed E-state index contributed by atoms with van der Waals surface area (Å²) in [5.74, 6) is 0. The number of nitrogens with two attached hydrogens (primary N) is 1. The molecule has 0 fully saturated rings. The van der Waals surface area contributed by atoms with Gasteiger partial charge >= 0.3 is 0 Å². The number of aromatic nitrogens is 1. The van der Waals surface area contributed by atoms with Crippen molar-refractivity contribution >= 4 is 29.9 Å². The predicted molar refractivity (Wildman–Crippen MR) is 89.7 cm³/mol. The molecule has 0 saturated heterocycles. The number of nitrogens with zero attached hydrogens (tertiary/aromatic N) is 1. The minimum atomic E-state index is -1.74. The van der Waals surface area contributed by atoms with Crippen LogP contribution in [-0.4, -0.2) is 19.9 Å². The van der Waals surface area contributed by atoms with Gasteiger partial charge in [0.25, 0.3) is 0 Å². The highest BCUT2D eigenvalue weighted by molar-refractivity contribution is 7.18. The molecule has 2 N–H and O–H groups in total. The van der Waals surface area contributed by atoms with E-state index in [1.54, 1.807) is 11.3 Å². The molecule has 1 aromatic carbocycles. The molecule has 20 heavy (non-hydrogen) atoms. The van der Waals surface area contributed by atoms with Crippen LogP contribution in [0.1, 0.15) is 31.8 Å². The first-order valence-corrected chi connectivity index (χ1v) is 10.7. The highest BCUT2D eigenvalue weighted by Crippen LogP contribution is 2.37. The minimum Gasteiger partial charge on any atom is -0.415 e. The molecule has 1 atom stereocenters. The number of benzene rings is 1. The van der Waals surface area contributed by atoms with Gasteiger partial charge in [0.15, 0.2) is 8.32 Å². The summed E-state index contributed by atoms with van der Waals surface area (Å²) in [7, 11) is -1.74. The maximum Gasteiger partial charge on any atom is 0.192 e. The van der Waals surface area contributed by atoms with E-state index in [0.717, 1.165) is 10.5 Å². The van der Waals surface area contributed by atoms with Gasteiger partial charge in [-0.2, -0.15) is 0 Å². The van der Waals surface area contributed by atoms with Gasteiger partial charge in [0, 0.05) is 0 Å². The monoisotopic (exact) mass is 308 g/mol. The third kappa shape index (κ3) is 3.28. The van der Waals surface area contributed by atoms with Crippen LogP contribution >= 0.6 is 11.3 Å². The lowest BCUT2D eigenvalue weighted by atomic mass is 10.2. The first kappa shape index (κ1) is 15.6. The van der Waals surface area contributed by atoms with Crippen LogP contribution in [0.25, 0.3) is 10.2 Å². The maximum atomic E-state index is 6.25. The number of para-hydroxylation sites is 1. The zero-order chi connectivity index (χ0) is 15.0. The molecule has 0 radical (unpaired) electrons. The van der Waals surface area contributed by atoms with E-state index in [9.17, 15) is 0 Å². The molecule has 1 unspecified atom stereocenters. The van der Waals surface area contributed by atoms with Crippen molar-refractivity contribution in [1.82, 2.24) is 4.98 Å². The van der Waals surface area contributed by atoms with Crippen LogP contribution in [0.4, 0.5) is 0 Å². The lowest BCUT2D eigenvalue weighted by molar-refractivity contribution is 0.264. The summed E-state index contributed by atoms with van der Waals surface area (Å²) in [4.78, 5) is 4.60. The summed E-state index contributed by atoms with van der Waals surface area (Å²) in [6.07, 6.45) is 0. The molecule has 1 heterocycles. The Morgan fingerprint density at radius 2 is 1.95 bits per heavy atom. The molecule has 110 valence electrons. The topological polar surface area (TPSA) is 48.1 Å². The van der Waals surface area contributed by atoms with E-state index in [4.69, 9.17) is 10.2 Å². The first-order chi connectivity index (χ1) is 9.21. The van der Waals surface area contributed by atoms with E-state index >= 15 is 0 Å². The fraction of sp³-hybridized carbons (Fsp3) is 0.533. The van der Waals surface area contributed by atoms with Gasteiger partial charge in [0.2, 0.25) is 0 Å². The molecule has 2 aromatic rings. The molecule has 0 spiro atoms. The first-order valence-electron chi connectivity index (χ1n) is 6.96. The van der Waals surface area contributed by atoms with E-state index in [2.05, 4.69) is 44.9 Å². The van der Waals surface area contributed by atoms with Gasteiger partial charge in [0.05, 0.1) is 22.9 Å². The molecule has 0 bridgehead atoms. The SMILES string of the molecule is CC(C)(C)[Si](C)(C)OCC(N)c1nc2ccccc2s1. The minimum absolute atomic E-state index is 0.137. The van der Waals surface area contributed by atoms with E-state index in [-0.39, 0.29) is 11.1 Å². The Hall–Kier alpha value is -0.753. The third-order valence-corrected chi connectivity index (χ3v) is 9.73. The summed E-state index contributed by atoms with van der Waals surface area (Å²) < 4.78 is 7.37. The Labute approximate surface area is 126 Å². The Morgan fingerprint density at radius 3 is 2.55 bits per heavy atom. The number of rotatable bonds is 4. The van der Waals surface area contributed by atoms with E-state index in [1.165, 1.54) is 4.70 Å². The number of fused-ring (bicyclic) bond motifs is 1. The molecule has 2 rings (SSSR count). The van der Waals surface area contributed by atoms with Crippen molar-refractivity contribution in [3.63, 3.8) is 0 Å². The van der Waals surface area contributed by atoms with E-state index in [1.807, 2.05) is 18.2 Å². The summed E-state index contributed by atoms with van der Waals surface area (Å²) in [6.45, 7) is 11.8. The van der Waals surface area contributed by atoms with Gasteiger partial charge in [-0.1, -0.05) is 32.9 Å². The normalized spacial score (nSPS) is 14.7. The lowest BCUT2D eigenvalue weighted by Gasteiger charge is -2.36. The van der Waals surface area contributed by atoms with Crippen LogP contribution in [0.3, 0.4) is 0 Å². The number of thiazole rings is 1. The van der Waals surface area contributed by atoms with Crippen molar-refractivity contribution in [3.05, 3.63) is 29.3 Å². The van der Waals surface area contributed by atoms with Gasteiger partial charge in [-0.25, -0.2) is 4.98 Å². The van der Waals surface area contributed by atoms with Gasteiger partial charge < -0.3 is 10.2 Å². The molecule has 0 aliphatic rings. The van der Waals surface area contributed by atoms with Gasteiger partial charge in [-0.15, -0.1) is 11.3 Å². The van der Waals surface area contributed by atoms with Crippen LogP contribution < -0.4 is 5.73 Å². The zero-order valence-electron chi connectivity index (χ0n) is 12.9. The van der Waals surface area contributed by atoms with Crippen LogP contribution in [-0.2, 0) is 4.43 Å². The Bertz CT molecular complexity index is 556. The van der Waals surface area contributed by atoms with Crippen molar-refractivity contribution in [2.24, 2.45) is 5.73 Å². The van der Waals surface area contributed by atoms with Crippen LogP contribution in [0, 0.1) is 0 Å². The molecule has 1 aromatic heterocycles. The largest absolute Gasteiger partial charge is 0.415 e. The quantitative estimate of drug-likeness (QED) is 0.856. The summed E-state index contributed by atoms with van der Waals surface area (Å²) in [6, 6.07) is 8.00. The fourth-order valence-electron chi connectivity index (χ4n) is 1.63. The molecular formula is C15H24N2OSSi. The van der Waals surface area contributed by atoms with E-state index in [0.29, 0.717) is 6.61 Å².